The number of fused-ring (bicyclic) bond motifs is 1. The summed E-state index contributed by atoms with van der Waals surface area (Å²) < 4.78 is 13.0. The van der Waals surface area contributed by atoms with Crippen molar-refractivity contribution in [2.45, 2.75) is 32.0 Å². The number of aliphatic hydroxyl groups is 1. The van der Waals surface area contributed by atoms with E-state index in [0.717, 1.165) is 25.1 Å². The maximum Gasteiger partial charge on any atom is 0.123 e. The normalized spacial score (nSPS) is 17.3. The van der Waals surface area contributed by atoms with Crippen LogP contribution in [0, 0.1) is 5.82 Å². The van der Waals surface area contributed by atoms with Gasteiger partial charge in [0.2, 0.25) is 0 Å². The Labute approximate surface area is 143 Å². The van der Waals surface area contributed by atoms with Gasteiger partial charge in [0.05, 0.1) is 6.10 Å². The number of halogens is 1. The average molecular weight is 328 g/mol. The van der Waals surface area contributed by atoms with Gasteiger partial charge >= 0.3 is 0 Å². The molecule has 0 fully saturated rings. The van der Waals surface area contributed by atoms with Crippen molar-refractivity contribution in [3.8, 4) is 0 Å². The second-order valence-electron chi connectivity index (χ2n) is 6.59. The first kappa shape index (κ1) is 17.1. The first-order chi connectivity index (χ1) is 11.6. The van der Waals surface area contributed by atoms with E-state index in [9.17, 15) is 9.50 Å². The van der Waals surface area contributed by atoms with Gasteiger partial charge in [-0.15, -0.1) is 0 Å². The van der Waals surface area contributed by atoms with Crippen molar-refractivity contribution in [3.63, 3.8) is 0 Å². The maximum absolute atomic E-state index is 13.0. The molecule has 1 aliphatic heterocycles. The highest BCUT2D eigenvalue weighted by atomic mass is 19.1. The molecule has 1 aliphatic rings. The van der Waals surface area contributed by atoms with Crippen LogP contribution in [0.2, 0.25) is 0 Å². The number of nitrogens with zero attached hydrogens (tertiary/aromatic N) is 1. The van der Waals surface area contributed by atoms with Crippen LogP contribution in [0.25, 0.3) is 0 Å². The maximum atomic E-state index is 13.0. The van der Waals surface area contributed by atoms with E-state index in [2.05, 4.69) is 34.5 Å². The molecule has 3 rings (SSSR count). The molecule has 24 heavy (non-hydrogen) atoms. The lowest BCUT2D eigenvalue weighted by Crippen LogP contribution is -2.41. The van der Waals surface area contributed by atoms with Crippen LogP contribution < -0.4 is 5.32 Å². The van der Waals surface area contributed by atoms with Gasteiger partial charge in [0.15, 0.2) is 0 Å². The number of hydrogen-bond donors (Lipinski definition) is 2. The topological polar surface area (TPSA) is 35.5 Å². The van der Waals surface area contributed by atoms with Crippen LogP contribution in [0.4, 0.5) is 4.39 Å². The molecule has 0 spiro atoms. The Bertz CT molecular complexity index is 659. The predicted molar refractivity (Wildman–Crippen MR) is 94.2 cm³/mol. The Hall–Kier alpha value is -1.75. The SMILES string of the molecule is CC(NCC(O)CN1CCc2ccccc2C1)c1ccc(F)cc1. The van der Waals surface area contributed by atoms with Gasteiger partial charge < -0.3 is 10.4 Å². The lowest BCUT2D eigenvalue weighted by molar-refractivity contribution is 0.102. The third-order valence-electron chi connectivity index (χ3n) is 4.71. The summed E-state index contributed by atoms with van der Waals surface area (Å²) in [5.41, 5.74) is 3.81. The first-order valence-electron chi connectivity index (χ1n) is 8.58. The Kier molecular flexibility index (Phi) is 5.61. The molecule has 128 valence electrons. The zero-order chi connectivity index (χ0) is 16.9. The molecule has 0 saturated carbocycles. The number of rotatable bonds is 6. The zero-order valence-corrected chi connectivity index (χ0v) is 14.1. The minimum absolute atomic E-state index is 0.0855. The van der Waals surface area contributed by atoms with Gasteiger partial charge in [-0.3, -0.25) is 4.90 Å². The Morgan fingerprint density at radius 2 is 1.83 bits per heavy atom. The summed E-state index contributed by atoms with van der Waals surface area (Å²) >= 11 is 0. The number of β-amino-alcohol motifs (C(OH)–C–C–N with tert-alkyl or cyclic N) is 1. The lowest BCUT2D eigenvalue weighted by atomic mass is 10.00. The minimum atomic E-state index is -0.418. The molecular weight excluding hydrogens is 303 g/mol. The highest BCUT2D eigenvalue weighted by Gasteiger charge is 2.18. The van der Waals surface area contributed by atoms with Crippen molar-refractivity contribution in [1.29, 1.82) is 0 Å². The fraction of sp³-hybridized carbons (Fsp3) is 0.400. The van der Waals surface area contributed by atoms with Gasteiger partial charge in [-0.05, 0) is 42.2 Å². The van der Waals surface area contributed by atoms with Gasteiger partial charge in [-0.2, -0.15) is 0 Å². The second-order valence-corrected chi connectivity index (χ2v) is 6.59. The van der Waals surface area contributed by atoms with Crippen LogP contribution >= 0.6 is 0 Å². The van der Waals surface area contributed by atoms with Gasteiger partial charge in [-0.25, -0.2) is 4.39 Å². The largest absolute Gasteiger partial charge is 0.390 e. The molecule has 2 unspecified atom stereocenters. The Balaban J connectivity index is 1.46. The summed E-state index contributed by atoms with van der Waals surface area (Å²) in [6.45, 7) is 5.10. The van der Waals surface area contributed by atoms with Gasteiger partial charge in [0.1, 0.15) is 5.82 Å². The molecule has 0 radical (unpaired) electrons. The fourth-order valence-electron chi connectivity index (χ4n) is 3.25. The fourth-order valence-corrected chi connectivity index (χ4v) is 3.25. The molecule has 2 N–H and O–H groups in total. The van der Waals surface area contributed by atoms with Gasteiger partial charge in [0, 0.05) is 32.2 Å². The van der Waals surface area contributed by atoms with E-state index in [1.54, 1.807) is 12.1 Å². The van der Waals surface area contributed by atoms with Gasteiger partial charge in [0.25, 0.3) is 0 Å². The molecule has 1 heterocycles. The average Bonchev–Trinajstić information content (AvgIpc) is 2.60. The van der Waals surface area contributed by atoms with E-state index in [0.29, 0.717) is 13.1 Å². The number of benzene rings is 2. The predicted octanol–water partition coefficient (Wildman–Crippen LogP) is 2.90. The Morgan fingerprint density at radius 3 is 2.58 bits per heavy atom. The monoisotopic (exact) mass is 328 g/mol. The van der Waals surface area contributed by atoms with Crippen molar-refractivity contribution in [2.75, 3.05) is 19.6 Å². The smallest absolute Gasteiger partial charge is 0.123 e. The van der Waals surface area contributed by atoms with E-state index >= 15 is 0 Å². The summed E-state index contributed by atoms with van der Waals surface area (Å²) in [5, 5.41) is 13.7. The van der Waals surface area contributed by atoms with E-state index in [1.165, 1.54) is 23.3 Å². The molecule has 0 amide bonds. The molecule has 2 aromatic rings. The van der Waals surface area contributed by atoms with E-state index < -0.39 is 6.10 Å². The van der Waals surface area contributed by atoms with Crippen molar-refractivity contribution in [2.24, 2.45) is 0 Å². The quantitative estimate of drug-likeness (QED) is 0.856. The molecule has 2 atom stereocenters. The van der Waals surface area contributed by atoms with E-state index in [-0.39, 0.29) is 11.9 Å². The highest BCUT2D eigenvalue weighted by molar-refractivity contribution is 5.29. The van der Waals surface area contributed by atoms with Crippen molar-refractivity contribution >= 4 is 0 Å². The van der Waals surface area contributed by atoms with Crippen LogP contribution in [0.15, 0.2) is 48.5 Å². The summed E-state index contributed by atoms with van der Waals surface area (Å²) in [5.74, 6) is -0.226. The molecule has 0 bridgehead atoms. The number of aliphatic hydroxyl groups excluding tert-OH is 1. The molecule has 0 saturated heterocycles. The van der Waals surface area contributed by atoms with Crippen LogP contribution in [0.5, 0.6) is 0 Å². The summed E-state index contributed by atoms with van der Waals surface area (Å²) in [6, 6.07) is 15.1. The van der Waals surface area contributed by atoms with Crippen molar-refractivity contribution in [1.82, 2.24) is 10.2 Å². The lowest BCUT2D eigenvalue weighted by Gasteiger charge is -2.30. The molecule has 3 nitrogen and oxygen atoms in total. The number of nitrogens with one attached hydrogen (secondary N) is 1. The third-order valence-corrected chi connectivity index (χ3v) is 4.71. The molecule has 2 aromatic carbocycles. The molecule has 4 heteroatoms. The first-order valence-corrected chi connectivity index (χ1v) is 8.58. The van der Waals surface area contributed by atoms with Crippen molar-refractivity contribution < 1.29 is 9.50 Å². The summed E-state index contributed by atoms with van der Waals surface area (Å²) in [6.07, 6.45) is 0.626. The zero-order valence-electron chi connectivity index (χ0n) is 14.1. The van der Waals surface area contributed by atoms with Crippen LogP contribution in [0.1, 0.15) is 29.7 Å². The number of hydrogen-bond acceptors (Lipinski definition) is 3. The molecule has 0 aromatic heterocycles. The standard InChI is InChI=1S/C20H25FN2O/c1-15(16-6-8-19(21)9-7-16)22-12-20(24)14-23-11-10-17-4-2-3-5-18(17)13-23/h2-9,15,20,22,24H,10-14H2,1H3. The van der Waals surface area contributed by atoms with Crippen LogP contribution in [0.3, 0.4) is 0 Å². The minimum Gasteiger partial charge on any atom is -0.390 e. The summed E-state index contributed by atoms with van der Waals surface area (Å²) in [7, 11) is 0. The van der Waals surface area contributed by atoms with Gasteiger partial charge in [-0.1, -0.05) is 36.4 Å². The third kappa shape index (κ3) is 4.41. The van der Waals surface area contributed by atoms with Crippen molar-refractivity contribution in [3.05, 3.63) is 71.0 Å². The van der Waals surface area contributed by atoms with Crippen LogP contribution in [-0.2, 0) is 13.0 Å². The highest BCUT2D eigenvalue weighted by Crippen LogP contribution is 2.18. The molecule has 0 aliphatic carbocycles. The van der Waals surface area contributed by atoms with E-state index in [1.807, 2.05) is 6.92 Å². The van der Waals surface area contributed by atoms with Crippen LogP contribution in [-0.4, -0.2) is 35.7 Å². The van der Waals surface area contributed by atoms with E-state index in [4.69, 9.17) is 0 Å². The second kappa shape index (κ2) is 7.88. The molecular formula is C20H25FN2O. The Morgan fingerprint density at radius 1 is 1.12 bits per heavy atom. The summed E-state index contributed by atoms with van der Waals surface area (Å²) in [4.78, 5) is 2.30.